The van der Waals surface area contributed by atoms with Crippen LogP contribution in [0.4, 0.5) is 5.69 Å². The van der Waals surface area contributed by atoms with Crippen molar-refractivity contribution in [1.29, 1.82) is 0 Å². The maximum atomic E-state index is 11.8. The van der Waals surface area contributed by atoms with Crippen LogP contribution in [0.1, 0.15) is 32.1 Å². The minimum absolute atomic E-state index is 0.165. The van der Waals surface area contributed by atoms with E-state index >= 15 is 0 Å². The summed E-state index contributed by atoms with van der Waals surface area (Å²) in [5.41, 5.74) is 1.99. The number of thioether (sulfide) groups is 1. The average molecular weight is 424 g/mol. The van der Waals surface area contributed by atoms with E-state index < -0.39 is 9.84 Å². The van der Waals surface area contributed by atoms with Gasteiger partial charge in [0.1, 0.15) is 0 Å². The van der Waals surface area contributed by atoms with Crippen LogP contribution in [-0.2, 0) is 9.84 Å². The zero-order valence-electron chi connectivity index (χ0n) is 16.5. The van der Waals surface area contributed by atoms with Crippen LogP contribution in [0.15, 0.2) is 34.3 Å². The molecule has 4 atom stereocenters. The Morgan fingerprint density at radius 1 is 1.18 bits per heavy atom. The fraction of sp³-hybridized carbons (Fsp3) is 0.650. The summed E-state index contributed by atoms with van der Waals surface area (Å²) < 4.78 is 23.5. The second-order valence-electron chi connectivity index (χ2n) is 8.21. The van der Waals surface area contributed by atoms with E-state index in [1.165, 1.54) is 12.7 Å². The number of nitrogens with zero attached hydrogens (tertiary/aromatic N) is 3. The van der Waals surface area contributed by atoms with E-state index in [1.54, 1.807) is 12.1 Å². The average Bonchev–Trinajstić information content (AvgIpc) is 3.34. The molecular weight excluding hydrogens is 394 g/mol. The van der Waals surface area contributed by atoms with Crippen LogP contribution in [0.25, 0.3) is 0 Å². The van der Waals surface area contributed by atoms with Crippen molar-refractivity contribution in [2.45, 2.75) is 54.5 Å². The largest absolute Gasteiger partial charge is 0.411 e. The van der Waals surface area contributed by atoms with Gasteiger partial charge in [0.25, 0.3) is 0 Å². The van der Waals surface area contributed by atoms with E-state index in [0.717, 1.165) is 49.4 Å². The summed E-state index contributed by atoms with van der Waals surface area (Å²) in [6.07, 6.45) is 7.09. The van der Waals surface area contributed by atoms with Crippen LogP contribution < -0.4 is 4.90 Å². The Morgan fingerprint density at radius 2 is 1.93 bits per heavy atom. The zero-order chi connectivity index (χ0) is 19.9. The van der Waals surface area contributed by atoms with Gasteiger partial charge in [-0.2, -0.15) is 11.8 Å². The molecule has 28 heavy (non-hydrogen) atoms. The molecule has 0 amide bonds. The number of fused-ring (bicyclic) bond motifs is 1. The number of hydrogen-bond acceptors (Lipinski definition) is 7. The standard InChI is InChI=1S/C20H29N3O3S2/c1-22-17(19(21-24)18-4-3-13-27-18)10-5-14-11-12-23(20(14)22)15-6-8-16(9-7-15)28(2,25)26/h6-9,14,17-18,20,24H,3-5,10-13H2,1-2H3/b21-19-. The van der Waals surface area contributed by atoms with E-state index in [2.05, 4.69) is 22.0 Å². The van der Waals surface area contributed by atoms with Crippen molar-refractivity contribution in [3.05, 3.63) is 24.3 Å². The Balaban J connectivity index is 1.57. The Labute approximate surface area is 171 Å². The summed E-state index contributed by atoms with van der Waals surface area (Å²) >= 11 is 1.91. The van der Waals surface area contributed by atoms with Crippen molar-refractivity contribution in [3.8, 4) is 0 Å². The van der Waals surface area contributed by atoms with Gasteiger partial charge in [0.2, 0.25) is 0 Å². The maximum absolute atomic E-state index is 11.8. The lowest BCUT2D eigenvalue weighted by atomic mass is 9.87. The van der Waals surface area contributed by atoms with Gasteiger partial charge in [0.05, 0.1) is 22.8 Å². The topological polar surface area (TPSA) is 73.2 Å². The third kappa shape index (κ3) is 3.66. The molecule has 3 aliphatic rings. The molecule has 3 heterocycles. The fourth-order valence-electron chi connectivity index (χ4n) is 5.13. The molecule has 1 N–H and O–H groups in total. The lowest BCUT2D eigenvalue weighted by Crippen LogP contribution is -2.57. The minimum atomic E-state index is -3.18. The molecule has 3 fully saturated rings. The highest BCUT2D eigenvalue weighted by Gasteiger charge is 2.45. The van der Waals surface area contributed by atoms with Gasteiger partial charge in [-0.15, -0.1) is 0 Å². The van der Waals surface area contributed by atoms with E-state index in [-0.39, 0.29) is 12.2 Å². The highest BCUT2D eigenvalue weighted by atomic mass is 32.2. The van der Waals surface area contributed by atoms with Gasteiger partial charge >= 0.3 is 0 Å². The van der Waals surface area contributed by atoms with E-state index in [1.807, 2.05) is 23.9 Å². The van der Waals surface area contributed by atoms with Gasteiger partial charge in [-0.05, 0) is 75.1 Å². The van der Waals surface area contributed by atoms with Crippen molar-refractivity contribution >= 4 is 33.0 Å². The number of rotatable bonds is 4. The molecule has 1 aromatic carbocycles. The minimum Gasteiger partial charge on any atom is -0.411 e. The predicted octanol–water partition coefficient (Wildman–Crippen LogP) is 3.06. The number of likely N-dealkylation sites (tertiary alicyclic amines) is 1. The Kier molecular flexibility index (Phi) is 5.64. The molecule has 3 aliphatic heterocycles. The number of hydrogen-bond donors (Lipinski definition) is 1. The van der Waals surface area contributed by atoms with Crippen molar-refractivity contribution in [2.75, 3.05) is 30.5 Å². The molecule has 0 aliphatic carbocycles. The highest BCUT2D eigenvalue weighted by Crippen LogP contribution is 2.41. The maximum Gasteiger partial charge on any atom is 0.175 e. The van der Waals surface area contributed by atoms with Crippen LogP contribution in [-0.4, -0.2) is 67.3 Å². The normalized spacial score (nSPS) is 31.9. The van der Waals surface area contributed by atoms with Crippen molar-refractivity contribution in [3.63, 3.8) is 0 Å². The number of benzene rings is 1. The van der Waals surface area contributed by atoms with Gasteiger partial charge < -0.3 is 10.1 Å². The molecular formula is C20H29N3O3S2. The Bertz CT molecular complexity index is 835. The molecule has 0 saturated carbocycles. The summed E-state index contributed by atoms with van der Waals surface area (Å²) in [6.45, 7) is 0.967. The highest BCUT2D eigenvalue weighted by molar-refractivity contribution is 8.00. The molecule has 4 rings (SSSR count). The molecule has 3 saturated heterocycles. The molecule has 154 valence electrons. The molecule has 0 radical (unpaired) electrons. The van der Waals surface area contributed by atoms with Crippen molar-refractivity contribution in [2.24, 2.45) is 11.1 Å². The number of oxime groups is 1. The molecule has 0 bridgehead atoms. The third-order valence-electron chi connectivity index (χ3n) is 6.51. The number of piperidine rings is 1. The quantitative estimate of drug-likeness (QED) is 0.456. The summed E-state index contributed by atoms with van der Waals surface area (Å²) in [6, 6.07) is 7.41. The summed E-state index contributed by atoms with van der Waals surface area (Å²) in [4.78, 5) is 5.13. The monoisotopic (exact) mass is 423 g/mol. The van der Waals surface area contributed by atoms with E-state index in [9.17, 15) is 13.6 Å². The first kappa shape index (κ1) is 20.0. The Morgan fingerprint density at radius 3 is 2.54 bits per heavy atom. The van der Waals surface area contributed by atoms with Crippen molar-refractivity contribution in [1.82, 2.24) is 4.90 Å². The van der Waals surface area contributed by atoms with Gasteiger partial charge in [0, 0.05) is 23.7 Å². The zero-order valence-corrected chi connectivity index (χ0v) is 18.1. The molecule has 4 unspecified atom stereocenters. The lowest BCUT2D eigenvalue weighted by Gasteiger charge is -2.46. The van der Waals surface area contributed by atoms with Crippen molar-refractivity contribution < 1.29 is 13.6 Å². The van der Waals surface area contributed by atoms with E-state index in [0.29, 0.717) is 16.1 Å². The van der Waals surface area contributed by atoms with Gasteiger partial charge in [-0.1, -0.05) is 5.16 Å². The molecule has 1 aromatic rings. The number of sulfone groups is 1. The van der Waals surface area contributed by atoms with Gasteiger partial charge in [-0.25, -0.2) is 8.42 Å². The smallest absolute Gasteiger partial charge is 0.175 e. The Hall–Kier alpha value is -1.25. The van der Waals surface area contributed by atoms with Crippen LogP contribution in [0.5, 0.6) is 0 Å². The van der Waals surface area contributed by atoms with Crippen LogP contribution in [0, 0.1) is 5.92 Å². The van der Waals surface area contributed by atoms with Gasteiger partial charge in [-0.3, -0.25) is 4.90 Å². The molecule has 0 aromatic heterocycles. The molecule has 6 nitrogen and oxygen atoms in total. The summed E-state index contributed by atoms with van der Waals surface area (Å²) in [5.74, 6) is 1.73. The van der Waals surface area contributed by atoms with Crippen LogP contribution in [0.3, 0.4) is 0 Å². The van der Waals surface area contributed by atoms with Crippen LogP contribution in [0.2, 0.25) is 0 Å². The summed E-state index contributed by atoms with van der Waals surface area (Å²) in [5, 5.41) is 13.9. The molecule has 0 spiro atoms. The number of anilines is 1. The van der Waals surface area contributed by atoms with E-state index in [4.69, 9.17) is 0 Å². The first-order valence-corrected chi connectivity index (χ1v) is 13.0. The first-order chi connectivity index (χ1) is 13.4. The lowest BCUT2D eigenvalue weighted by molar-refractivity contribution is 0.114. The second kappa shape index (κ2) is 7.88. The first-order valence-electron chi connectivity index (χ1n) is 10.0. The molecule has 8 heteroatoms. The van der Waals surface area contributed by atoms with Crippen LogP contribution >= 0.6 is 11.8 Å². The predicted molar refractivity (Wildman–Crippen MR) is 114 cm³/mol. The summed E-state index contributed by atoms with van der Waals surface area (Å²) in [7, 11) is -1.04. The fourth-order valence-corrected chi connectivity index (χ4v) is 7.08. The third-order valence-corrected chi connectivity index (χ3v) is 9.05. The second-order valence-corrected chi connectivity index (χ2v) is 11.5. The SMILES string of the molecule is CN1C(/C(=N/O)C2CCCS2)CCC2CCN(c3ccc(S(C)(=O)=O)cc3)C21. The van der Waals surface area contributed by atoms with Gasteiger partial charge in [0.15, 0.2) is 9.84 Å².